The lowest BCUT2D eigenvalue weighted by atomic mass is 9.99. The Kier molecular flexibility index (Phi) is 4.31. The molecule has 0 nitrogen and oxygen atoms in total. The molecule has 0 heterocycles. The molecule has 1 unspecified atom stereocenters. The molecule has 0 aliphatic heterocycles. The highest BCUT2D eigenvalue weighted by Gasteiger charge is 2.12. The first kappa shape index (κ1) is 12.7. The van der Waals surface area contributed by atoms with E-state index < -0.39 is 0 Å². The van der Waals surface area contributed by atoms with Gasteiger partial charge in [0.2, 0.25) is 0 Å². The van der Waals surface area contributed by atoms with Crippen LogP contribution in [0.2, 0.25) is 5.02 Å². The van der Waals surface area contributed by atoms with Gasteiger partial charge in [-0.3, -0.25) is 0 Å². The van der Waals surface area contributed by atoms with Gasteiger partial charge in [0, 0.05) is 10.4 Å². The third-order valence-electron chi connectivity index (χ3n) is 3.05. The van der Waals surface area contributed by atoms with Crippen molar-refractivity contribution in [3.63, 3.8) is 0 Å². The molecule has 0 saturated carbocycles. The highest BCUT2D eigenvalue weighted by atomic mass is 35.5. The Labute approximate surface area is 113 Å². The summed E-state index contributed by atoms with van der Waals surface area (Å²) in [6, 6.07) is 12.2. The van der Waals surface area contributed by atoms with Crippen LogP contribution in [0.3, 0.4) is 0 Å². The van der Waals surface area contributed by atoms with Gasteiger partial charge in [0.15, 0.2) is 0 Å². The van der Waals surface area contributed by atoms with Crippen LogP contribution in [0.1, 0.15) is 37.1 Å². The highest BCUT2D eigenvalue weighted by molar-refractivity contribution is 6.35. The lowest BCUT2D eigenvalue weighted by molar-refractivity contribution is 0.703. The van der Waals surface area contributed by atoms with E-state index in [2.05, 4.69) is 19.1 Å². The summed E-state index contributed by atoms with van der Waals surface area (Å²) >= 11 is 12.7. The maximum atomic E-state index is 6.47. The van der Waals surface area contributed by atoms with Crippen LogP contribution in [0.5, 0.6) is 0 Å². The maximum Gasteiger partial charge on any atom is 0.0591 e. The molecule has 0 aliphatic rings. The van der Waals surface area contributed by atoms with E-state index in [0.717, 1.165) is 23.3 Å². The second-order valence-corrected chi connectivity index (χ2v) is 5.23. The first-order valence-electron chi connectivity index (χ1n) is 6.05. The SMILES string of the molecule is CCCCC(Cl)c1ccc(Cl)c2ccccc12. The second kappa shape index (κ2) is 5.75. The predicted molar refractivity (Wildman–Crippen MR) is 77.1 cm³/mol. The quantitative estimate of drug-likeness (QED) is 0.599. The molecule has 0 fully saturated rings. The van der Waals surface area contributed by atoms with E-state index in [1.165, 1.54) is 17.4 Å². The first-order chi connectivity index (χ1) is 8.24. The summed E-state index contributed by atoms with van der Waals surface area (Å²) in [5.74, 6) is 0. The third-order valence-corrected chi connectivity index (χ3v) is 3.84. The van der Waals surface area contributed by atoms with E-state index in [4.69, 9.17) is 23.2 Å². The lowest BCUT2D eigenvalue weighted by Gasteiger charge is -2.13. The molecule has 0 spiro atoms. The summed E-state index contributed by atoms with van der Waals surface area (Å²) in [5.41, 5.74) is 1.19. The summed E-state index contributed by atoms with van der Waals surface area (Å²) in [6.07, 6.45) is 3.35. The Balaban J connectivity index is 2.44. The van der Waals surface area contributed by atoms with Crippen molar-refractivity contribution in [2.75, 3.05) is 0 Å². The van der Waals surface area contributed by atoms with Crippen molar-refractivity contribution in [1.29, 1.82) is 0 Å². The predicted octanol–water partition coefficient (Wildman–Crippen LogP) is 5.96. The van der Waals surface area contributed by atoms with Gasteiger partial charge in [-0.2, -0.15) is 0 Å². The smallest absolute Gasteiger partial charge is 0.0591 e. The van der Waals surface area contributed by atoms with Crippen molar-refractivity contribution in [3.8, 4) is 0 Å². The topological polar surface area (TPSA) is 0 Å². The number of hydrogen-bond acceptors (Lipinski definition) is 0. The van der Waals surface area contributed by atoms with Crippen LogP contribution in [0, 0.1) is 0 Å². The fourth-order valence-corrected chi connectivity index (χ4v) is 2.67. The standard InChI is InChI=1S/C15H16Cl2/c1-2-3-8-14(16)13-9-10-15(17)12-7-5-4-6-11(12)13/h4-7,9-10,14H,2-3,8H2,1H3. The molecule has 0 aromatic heterocycles. The molecule has 17 heavy (non-hydrogen) atoms. The largest absolute Gasteiger partial charge is 0.118 e. The minimum atomic E-state index is 0.0807. The number of benzene rings is 2. The molecular formula is C15H16Cl2. The van der Waals surface area contributed by atoms with Gasteiger partial charge < -0.3 is 0 Å². The van der Waals surface area contributed by atoms with E-state index >= 15 is 0 Å². The Morgan fingerprint density at radius 2 is 1.76 bits per heavy atom. The minimum absolute atomic E-state index is 0.0807. The Bertz CT molecular complexity index is 505. The average Bonchev–Trinajstić information content (AvgIpc) is 2.37. The van der Waals surface area contributed by atoms with Gasteiger partial charge in [0.05, 0.1) is 5.38 Å². The van der Waals surface area contributed by atoms with Gasteiger partial charge >= 0.3 is 0 Å². The molecule has 0 saturated heterocycles. The number of rotatable bonds is 4. The van der Waals surface area contributed by atoms with Crippen LogP contribution in [-0.2, 0) is 0 Å². The summed E-state index contributed by atoms with van der Waals surface area (Å²) < 4.78 is 0. The third kappa shape index (κ3) is 2.75. The molecule has 0 aliphatic carbocycles. The number of unbranched alkanes of at least 4 members (excludes halogenated alkanes) is 1. The van der Waals surface area contributed by atoms with Gasteiger partial charge in [0.25, 0.3) is 0 Å². The summed E-state index contributed by atoms with van der Waals surface area (Å²) in [5, 5.41) is 3.14. The zero-order valence-electron chi connectivity index (χ0n) is 9.92. The van der Waals surface area contributed by atoms with Gasteiger partial charge in [-0.15, -0.1) is 11.6 Å². The Morgan fingerprint density at radius 1 is 1.06 bits per heavy atom. The molecule has 2 rings (SSSR count). The molecule has 2 aromatic carbocycles. The van der Waals surface area contributed by atoms with Crippen LogP contribution in [0.25, 0.3) is 10.8 Å². The molecule has 0 bridgehead atoms. The fourth-order valence-electron chi connectivity index (χ4n) is 2.10. The normalized spacial score (nSPS) is 12.9. The van der Waals surface area contributed by atoms with Crippen molar-refractivity contribution in [2.45, 2.75) is 31.6 Å². The summed E-state index contributed by atoms with van der Waals surface area (Å²) in [7, 11) is 0. The minimum Gasteiger partial charge on any atom is -0.118 e. The average molecular weight is 267 g/mol. The molecule has 0 N–H and O–H groups in total. The first-order valence-corrected chi connectivity index (χ1v) is 6.86. The molecule has 1 atom stereocenters. The van der Waals surface area contributed by atoms with Gasteiger partial charge in [-0.1, -0.05) is 61.7 Å². The van der Waals surface area contributed by atoms with Crippen molar-refractivity contribution < 1.29 is 0 Å². The fraction of sp³-hybridized carbons (Fsp3) is 0.333. The number of hydrogen-bond donors (Lipinski definition) is 0. The number of halogens is 2. The van der Waals surface area contributed by atoms with E-state index in [-0.39, 0.29) is 5.38 Å². The van der Waals surface area contributed by atoms with Gasteiger partial charge in [-0.25, -0.2) is 0 Å². The van der Waals surface area contributed by atoms with E-state index in [1.54, 1.807) is 0 Å². The Hall–Kier alpha value is -0.720. The summed E-state index contributed by atoms with van der Waals surface area (Å²) in [6.45, 7) is 2.18. The van der Waals surface area contributed by atoms with E-state index in [1.807, 2.05) is 24.3 Å². The maximum absolute atomic E-state index is 6.47. The van der Waals surface area contributed by atoms with E-state index in [9.17, 15) is 0 Å². The van der Waals surface area contributed by atoms with E-state index in [0.29, 0.717) is 0 Å². The van der Waals surface area contributed by atoms with Gasteiger partial charge in [0.1, 0.15) is 0 Å². The highest BCUT2D eigenvalue weighted by Crippen LogP contribution is 2.34. The molecule has 2 heteroatoms. The lowest BCUT2D eigenvalue weighted by Crippen LogP contribution is -1.92. The second-order valence-electron chi connectivity index (χ2n) is 4.29. The number of fused-ring (bicyclic) bond motifs is 1. The molecule has 0 radical (unpaired) electrons. The van der Waals surface area contributed by atoms with Crippen molar-refractivity contribution in [1.82, 2.24) is 0 Å². The van der Waals surface area contributed by atoms with Crippen molar-refractivity contribution in [2.24, 2.45) is 0 Å². The Morgan fingerprint density at radius 3 is 2.47 bits per heavy atom. The zero-order chi connectivity index (χ0) is 12.3. The molecular weight excluding hydrogens is 251 g/mol. The molecule has 90 valence electrons. The van der Waals surface area contributed by atoms with Crippen LogP contribution in [-0.4, -0.2) is 0 Å². The molecule has 0 amide bonds. The molecule has 2 aromatic rings. The van der Waals surface area contributed by atoms with Crippen molar-refractivity contribution >= 4 is 34.0 Å². The monoisotopic (exact) mass is 266 g/mol. The van der Waals surface area contributed by atoms with Crippen LogP contribution in [0.15, 0.2) is 36.4 Å². The van der Waals surface area contributed by atoms with Crippen LogP contribution < -0.4 is 0 Å². The number of alkyl halides is 1. The van der Waals surface area contributed by atoms with Crippen LogP contribution >= 0.6 is 23.2 Å². The van der Waals surface area contributed by atoms with Gasteiger partial charge in [-0.05, 0) is 23.4 Å². The van der Waals surface area contributed by atoms with Crippen LogP contribution in [0.4, 0.5) is 0 Å². The summed E-state index contributed by atoms with van der Waals surface area (Å²) in [4.78, 5) is 0. The van der Waals surface area contributed by atoms with Crippen molar-refractivity contribution in [3.05, 3.63) is 47.0 Å². The zero-order valence-corrected chi connectivity index (χ0v) is 11.4.